The van der Waals surface area contributed by atoms with Gasteiger partial charge in [0.2, 0.25) is 0 Å². The van der Waals surface area contributed by atoms with Crippen molar-refractivity contribution >= 4 is 11.9 Å². The monoisotopic (exact) mass is 264 g/mol. The average molecular weight is 264 g/mol. The van der Waals surface area contributed by atoms with Crippen molar-refractivity contribution in [3.05, 3.63) is 29.3 Å². The first-order valence-electron chi connectivity index (χ1n) is 5.95. The van der Waals surface area contributed by atoms with E-state index in [1.54, 1.807) is 13.0 Å². The van der Waals surface area contributed by atoms with Crippen molar-refractivity contribution in [2.75, 3.05) is 13.1 Å². The van der Waals surface area contributed by atoms with E-state index >= 15 is 0 Å². The van der Waals surface area contributed by atoms with Crippen molar-refractivity contribution in [2.24, 2.45) is 5.73 Å². The number of rotatable bonds is 2. The zero-order chi connectivity index (χ0) is 14.2. The molecule has 0 saturated carbocycles. The third kappa shape index (κ3) is 2.39. The number of carbonyl (C=O) groups is 2. The van der Waals surface area contributed by atoms with Gasteiger partial charge in [-0.25, -0.2) is 0 Å². The summed E-state index contributed by atoms with van der Waals surface area (Å²) in [5, 5.41) is 18.8. The third-order valence-electron chi connectivity index (χ3n) is 3.40. The number of aromatic hydroxyl groups is 1. The average Bonchev–Trinajstić information content (AvgIpc) is 2.73. The van der Waals surface area contributed by atoms with Crippen molar-refractivity contribution < 1.29 is 19.8 Å². The van der Waals surface area contributed by atoms with Crippen LogP contribution in [0.1, 0.15) is 22.3 Å². The lowest BCUT2D eigenvalue weighted by Crippen LogP contribution is -2.50. The number of benzene rings is 1. The predicted molar refractivity (Wildman–Crippen MR) is 67.9 cm³/mol. The lowest BCUT2D eigenvalue weighted by molar-refractivity contribution is -0.142. The van der Waals surface area contributed by atoms with Gasteiger partial charge in [-0.2, -0.15) is 0 Å². The van der Waals surface area contributed by atoms with Gasteiger partial charge in [0, 0.05) is 13.1 Å². The molecule has 1 unspecified atom stereocenters. The Morgan fingerprint density at radius 2 is 2.11 bits per heavy atom. The molecule has 19 heavy (non-hydrogen) atoms. The summed E-state index contributed by atoms with van der Waals surface area (Å²) in [7, 11) is 0. The second-order valence-electron chi connectivity index (χ2n) is 4.96. The van der Waals surface area contributed by atoms with Gasteiger partial charge in [0.25, 0.3) is 5.91 Å². The van der Waals surface area contributed by atoms with Crippen LogP contribution in [0.5, 0.6) is 5.75 Å². The second-order valence-corrected chi connectivity index (χ2v) is 4.96. The maximum absolute atomic E-state index is 12.2. The van der Waals surface area contributed by atoms with Crippen LogP contribution in [0.3, 0.4) is 0 Å². The fourth-order valence-electron chi connectivity index (χ4n) is 2.17. The number of carboxylic acid groups (broad SMARTS) is 1. The van der Waals surface area contributed by atoms with Crippen LogP contribution in [0.2, 0.25) is 0 Å². The van der Waals surface area contributed by atoms with Gasteiger partial charge in [0.15, 0.2) is 0 Å². The van der Waals surface area contributed by atoms with E-state index in [0.29, 0.717) is 0 Å². The van der Waals surface area contributed by atoms with Gasteiger partial charge < -0.3 is 20.8 Å². The van der Waals surface area contributed by atoms with Crippen molar-refractivity contribution in [2.45, 2.75) is 18.9 Å². The Balaban J connectivity index is 2.20. The number of carboxylic acids is 1. The molecule has 1 fully saturated rings. The minimum absolute atomic E-state index is 0.0471. The smallest absolute Gasteiger partial charge is 0.325 e. The molecule has 1 aromatic carbocycles. The molecule has 1 saturated heterocycles. The minimum atomic E-state index is -1.39. The summed E-state index contributed by atoms with van der Waals surface area (Å²) >= 11 is 0. The first-order valence-corrected chi connectivity index (χ1v) is 5.95. The van der Waals surface area contributed by atoms with Crippen LogP contribution in [0.4, 0.5) is 0 Å². The molecule has 102 valence electrons. The van der Waals surface area contributed by atoms with Gasteiger partial charge in [0.05, 0.1) is 5.56 Å². The first kappa shape index (κ1) is 13.4. The molecule has 6 nitrogen and oxygen atoms in total. The molecule has 0 aromatic heterocycles. The molecule has 1 aromatic rings. The zero-order valence-electron chi connectivity index (χ0n) is 10.6. The molecule has 1 atom stereocenters. The molecular formula is C13H16N2O4. The number of phenolic OH excluding ortho intramolecular Hbond substituents is 1. The Hall–Kier alpha value is -2.08. The van der Waals surface area contributed by atoms with Gasteiger partial charge in [-0.1, -0.05) is 6.07 Å². The number of nitrogens with zero attached hydrogens (tertiary/aromatic N) is 1. The zero-order valence-corrected chi connectivity index (χ0v) is 10.6. The van der Waals surface area contributed by atoms with Crippen molar-refractivity contribution in [3.8, 4) is 5.75 Å². The highest BCUT2D eigenvalue weighted by Crippen LogP contribution is 2.25. The molecule has 1 aliphatic rings. The number of aliphatic carboxylic acids is 1. The van der Waals surface area contributed by atoms with E-state index in [-0.39, 0.29) is 30.8 Å². The first-order chi connectivity index (χ1) is 8.83. The largest absolute Gasteiger partial charge is 0.507 e. The number of amides is 1. The highest BCUT2D eigenvalue weighted by Gasteiger charge is 2.43. The van der Waals surface area contributed by atoms with E-state index in [2.05, 4.69) is 0 Å². The summed E-state index contributed by atoms with van der Waals surface area (Å²) in [6.45, 7) is 2.03. The highest BCUT2D eigenvalue weighted by molar-refractivity contribution is 5.97. The van der Waals surface area contributed by atoms with Gasteiger partial charge in [-0.15, -0.1) is 0 Å². The van der Waals surface area contributed by atoms with Crippen LogP contribution in [-0.2, 0) is 4.79 Å². The number of phenols is 1. The van der Waals surface area contributed by atoms with E-state index in [9.17, 15) is 14.7 Å². The molecule has 0 radical (unpaired) electrons. The highest BCUT2D eigenvalue weighted by atomic mass is 16.4. The van der Waals surface area contributed by atoms with Crippen LogP contribution in [-0.4, -0.2) is 45.6 Å². The molecule has 0 bridgehead atoms. The van der Waals surface area contributed by atoms with E-state index in [4.69, 9.17) is 10.8 Å². The van der Waals surface area contributed by atoms with Crippen LogP contribution in [0.25, 0.3) is 0 Å². The van der Waals surface area contributed by atoms with Crippen molar-refractivity contribution in [1.82, 2.24) is 4.90 Å². The molecule has 0 spiro atoms. The van der Waals surface area contributed by atoms with Gasteiger partial charge >= 0.3 is 5.97 Å². The summed E-state index contributed by atoms with van der Waals surface area (Å²) in [4.78, 5) is 24.6. The molecule has 1 aliphatic heterocycles. The van der Waals surface area contributed by atoms with Crippen LogP contribution < -0.4 is 5.73 Å². The topological polar surface area (TPSA) is 104 Å². The third-order valence-corrected chi connectivity index (χ3v) is 3.40. The molecular weight excluding hydrogens is 248 g/mol. The maximum Gasteiger partial charge on any atom is 0.325 e. The molecule has 2 rings (SSSR count). The fourth-order valence-corrected chi connectivity index (χ4v) is 2.17. The number of aryl methyl sites for hydroxylation is 1. The number of hydrogen-bond donors (Lipinski definition) is 3. The molecule has 6 heteroatoms. The summed E-state index contributed by atoms with van der Waals surface area (Å²) in [5.74, 6) is -1.61. The Morgan fingerprint density at radius 1 is 1.42 bits per heavy atom. The molecule has 1 amide bonds. The van der Waals surface area contributed by atoms with Crippen molar-refractivity contribution in [3.63, 3.8) is 0 Å². The lowest BCUT2D eigenvalue weighted by Gasteiger charge is -2.20. The normalized spacial score (nSPS) is 22.5. The Kier molecular flexibility index (Phi) is 3.20. The fraction of sp³-hybridized carbons (Fsp3) is 0.385. The van der Waals surface area contributed by atoms with E-state index < -0.39 is 17.4 Å². The van der Waals surface area contributed by atoms with Crippen molar-refractivity contribution in [1.29, 1.82) is 0 Å². The van der Waals surface area contributed by atoms with E-state index in [1.807, 2.05) is 0 Å². The molecule has 0 aliphatic carbocycles. The number of carbonyl (C=O) groups excluding carboxylic acids is 1. The Bertz CT molecular complexity index is 543. The summed E-state index contributed by atoms with van der Waals surface area (Å²) < 4.78 is 0. The Morgan fingerprint density at radius 3 is 2.63 bits per heavy atom. The number of likely N-dealkylation sites (tertiary alicyclic amines) is 1. The lowest BCUT2D eigenvalue weighted by atomic mass is 10.0. The minimum Gasteiger partial charge on any atom is -0.507 e. The summed E-state index contributed by atoms with van der Waals surface area (Å²) in [6.07, 6.45) is 0.209. The van der Waals surface area contributed by atoms with Crippen LogP contribution in [0, 0.1) is 6.92 Å². The quantitative estimate of drug-likeness (QED) is 0.714. The Labute approximate surface area is 110 Å². The maximum atomic E-state index is 12.2. The second kappa shape index (κ2) is 4.55. The number of nitrogens with two attached hydrogens (primary N) is 1. The van der Waals surface area contributed by atoms with E-state index in [0.717, 1.165) is 5.56 Å². The van der Waals surface area contributed by atoms with Crippen LogP contribution in [0.15, 0.2) is 18.2 Å². The standard InChI is InChI=1S/C13H16N2O4/c1-8-2-3-9(10(16)6-8)11(17)15-5-4-13(14,7-15)12(18)19/h2-3,6,16H,4-5,7,14H2,1H3,(H,18,19). The van der Waals surface area contributed by atoms with Gasteiger partial charge in [0.1, 0.15) is 11.3 Å². The number of hydrogen-bond acceptors (Lipinski definition) is 4. The summed E-state index contributed by atoms with van der Waals surface area (Å²) in [6, 6.07) is 4.75. The SMILES string of the molecule is Cc1ccc(C(=O)N2CCC(N)(C(=O)O)C2)c(O)c1. The van der Waals surface area contributed by atoms with E-state index in [1.165, 1.54) is 17.0 Å². The predicted octanol–water partition coefficient (Wildman–Crippen LogP) is 0.329. The van der Waals surface area contributed by atoms with Crippen LogP contribution >= 0.6 is 0 Å². The molecule has 1 heterocycles. The molecule has 4 N–H and O–H groups in total. The van der Waals surface area contributed by atoms with Gasteiger partial charge in [-0.3, -0.25) is 9.59 Å². The van der Waals surface area contributed by atoms with Gasteiger partial charge in [-0.05, 0) is 31.0 Å². The summed E-state index contributed by atoms with van der Waals surface area (Å²) in [5.41, 5.74) is 5.33.